The molecule has 1 N–H and O–H groups in total. The standard InChI is InChI=1S/C12H17NS/c1-2-9-13-11(5-1)6-3-7-12-8-4-10-14-12/h3-4,7-8,10-11,13H,1-2,5-6,9H2. The molecule has 0 amide bonds. The maximum atomic E-state index is 3.55. The third-order valence-corrected chi connectivity index (χ3v) is 3.50. The zero-order chi connectivity index (χ0) is 9.64. The van der Waals surface area contributed by atoms with Crippen molar-refractivity contribution in [2.24, 2.45) is 0 Å². The minimum absolute atomic E-state index is 0.722. The molecule has 1 fully saturated rings. The van der Waals surface area contributed by atoms with E-state index in [1.54, 1.807) is 11.3 Å². The summed E-state index contributed by atoms with van der Waals surface area (Å²) in [4.78, 5) is 1.36. The smallest absolute Gasteiger partial charge is 0.0267 e. The van der Waals surface area contributed by atoms with Crippen molar-refractivity contribution < 1.29 is 0 Å². The number of piperidine rings is 1. The second-order valence-corrected chi connectivity index (χ2v) is 4.78. The quantitative estimate of drug-likeness (QED) is 0.802. The molecule has 0 aromatic carbocycles. The van der Waals surface area contributed by atoms with E-state index in [0.717, 1.165) is 6.04 Å². The number of hydrogen-bond acceptors (Lipinski definition) is 2. The van der Waals surface area contributed by atoms with Crippen molar-refractivity contribution in [1.29, 1.82) is 0 Å². The van der Waals surface area contributed by atoms with Gasteiger partial charge in [0.05, 0.1) is 0 Å². The summed E-state index contributed by atoms with van der Waals surface area (Å²) in [6.07, 6.45) is 9.80. The van der Waals surface area contributed by atoms with Crippen molar-refractivity contribution >= 4 is 17.4 Å². The molecule has 1 atom stereocenters. The van der Waals surface area contributed by atoms with Crippen molar-refractivity contribution in [3.05, 3.63) is 28.5 Å². The number of rotatable bonds is 3. The first-order chi connectivity index (χ1) is 6.95. The Morgan fingerprint density at radius 1 is 1.50 bits per heavy atom. The van der Waals surface area contributed by atoms with Gasteiger partial charge in [0.2, 0.25) is 0 Å². The van der Waals surface area contributed by atoms with Gasteiger partial charge in [0, 0.05) is 10.9 Å². The lowest BCUT2D eigenvalue weighted by molar-refractivity contribution is 0.404. The highest BCUT2D eigenvalue weighted by Crippen LogP contribution is 2.14. The molecule has 1 aliphatic rings. The Hall–Kier alpha value is -0.600. The maximum Gasteiger partial charge on any atom is 0.0267 e. The van der Waals surface area contributed by atoms with Crippen LogP contribution in [-0.4, -0.2) is 12.6 Å². The Morgan fingerprint density at radius 3 is 3.21 bits per heavy atom. The molecule has 1 aliphatic heterocycles. The van der Waals surface area contributed by atoms with E-state index in [2.05, 4.69) is 35.0 Å². The van der Waals surface area contributed by atoms with Crippen molar-refractivity contribution in [2.75, 3.05) is 6.54 Å². The summed E-state index contributed by atoms with van der Waals surface area (Å²) in [7, 11) is 0. The lowest BCUT2D eigenvalue weighted by Crippen LogP contribution is -2.33. The Morgan fingerprint density at radius 2 is 2.50 bits per heavy atom. The second kappa shape index (κ2) is 5.32. The second-order valence-electron chi connectivity index (χ2n) is 3.80. The molecule has 1 unspecified atom stereocenters. The van der Waals surface area contributed by atoms with Gasteiger partial charge in [-0.05, 0) is 43.3 Å². The van der Waals surface area contributed by atoms with Crippen LogP contribution in [0.3, 0.4) is 0 Å². The van der Waals surface area contributed by atoms with Gasteiger partial charge in [-0.15, -0.1) is 11.3 Å². The average molecular weight is 207 g/mol. The number of thiophene rings is 1. The van der Waals surface area contributed by atoms with Gasteiger partial charge in [-0.1, -0.05) is 18.6 Å². The van der Waals surface area contributed by atoms with E-state index in [4.69, 9.17) is 0 Å². The Balaban J connectivity index is 1.76. The molecular weight excluding hydrogens is 190 g/mol. The summed E-state index contributed by atoms with van der Waals surface area (Å²) in [6, 6.07) is 4.98. The minimum atomic E-state index is 0.722. The van der Waals surface area contributed by atoms with Crippen molar-refractivity contribution in [1.82, 2.24) is 5.32 Å². The fourth-order valence-electron chi connectivity index (χ4n) is 1.86. The monoisotopic (exact) mass is 207 g/mol. The van der Waals surface area contributed by atoms with Crippen LogP contribution in [0, 0.1) is 0 Å². The largest absolute Gasteiger partial charge is 0.314 e. The molecule has 1 aromatic rings. The lowest BCUT2D eigenvalue weighted by atomic mass is 10.0. The third kappa shape index (κ3) is 2.96. The van der Waals surface area contributed by atoms with E-state index >= 15 is 0 Å². The number of hydrogen-bond donors (Lipinski definition) is 1. The zero-order valence-corrected chi connectivity index (χ0v) is 9.22. The summed E-state index contributed by atoms with van der Waals surface area (Å²) in [5, 5.41) is 5.67. The van der Waals surface area contributed by atoms with Crippen molar-refractivity contribution in [3.8, 4) is 0 Å². The van der Waals surface area contributed by atoms with E-state index in [-0.39, 0.29) is 0 Å². The molecule has 0 radical (unpaired) electrons. The predicted molar refractivity (Wildman–Crippen MR) is 63.6 cm³/mol. The van der Waals surface area contributed by atoms with Crippen LogP contribution in [-0.2, 0) is 0 Å². The van der Waals surface area contributed by atoms with Crippen LogP contribution in [0.4, 0.5) is 0 Å². The molecular formula is C12H17NS. The Bertz CT molecular complexity index is 271. The van der Waals surface area contributed by atoms with Crippen LogP contribution in [0.2, 0.25) is 0 Å². The molecule has 0 spiro atoms. The van der Waals surface area contributed by atoms with Crippen LogP contribution in [0.15, 0.2) is 23.6 Å². The molecule has 14 heavy (non-hydrogen) atoms. The summed E-state index contributed by atoms with van der Waals surface area (Å²) in [5.41, 5.74) is 0. The van der Waals surface area contributed by atoms with Gasteiger partial charge < -0.3 is 5.32 Å². The molecule has 2 heterocycles. The first kappa shape index (κ1) is 9.94. The molecule has 0 aliphatic carbocycles. The van der Waals surface area contributed by atoms with Gasteiger partial charge in [0.25, 0.3) is 0 Å². The SMILES string of the molecule is C(=Cc1cccs1)CC1CCCCN1. The van der Waals surface area contributed by atoms with Gasteiger partial charge in [0.15, 0.2) is 0 Å². The highest BCUT2D eigenvalue weighted by molar-refractivity contribution is 7.10. The normalized spacial score (nSPS) is 23.0. The van der Waals surface area contributed by atoms with Gasteiger partial charge in [-0.3, -0.25) is 0 Å². The van der Waals surface area contributed by atoms with Crippen LogP contribution in [0.25, 0.3) is 6.08 Å². The first-order valence-electron chi connectivity index (χ1n) is 5.38. The van der Waals surface area contributed by atoms with Gasteiger partial charge in [0.1, 0.15) is 0 Å². The van der Waals surface area contributed by atoms with Crippen molar-refractivity contribution in [3.63, 3.8) is 0 Å². The fraction of sp³-hybridized carbons (Fsp3) is 0.500. The maximum absolute atomic E-state index is 3.55. The van der Waals surface area contributed by atoms with Crippen LogP contribution < -0.4 is 5.32 Å². The van der Waals surface area contributed by atoms with Crippen LogP contribution in [0.1, 0.15) is 30.6 Å². The van der Waals surface area contributed by atoms with E-state index in [1.807, 2.05) is 0 Å². The van der Waals surface area contributed by atoms with E-state index < -0.39 is 0 Å². The summed E-state index contributed by atoms with van der Waals surface area (Å²) in [5.74, 6) is 0. The molecule has 0 bridgehead atoms. The molecule has 76 valence electrons. The van der Waals surface area contributed by atoms with Crippen LogP contribution in [0.5, 0.6) is 0 Å². The highest BCUT2D eigenvalue weighted by Gasteiger charge is 2.09. The average Bonchev–Trinajstić information content (AvgIpc) is 2.72. The molecule has 1 nitrogen and oxygen atoms in total. The molecule has 0 saturated carbocycles. The number of nitrogens with one attached hydrogen (secondary N) is 1. The lowest BCUT2D eigenvalue weighted by Gasteiger charge is -2.21. The fourth-order valence-corrected chi connectivity index (χ4v) is 2.51. The van der Waals surface area contributed by atoms with Crippen LogP contribution >= 0.6 is 11.3 Å². The zero-order valence-electron chi connectivity index (χ0n) is 8.41. The minimum Gasteiger partial charge on any atom is -0.314 e. The van der Waals surface area contributed by atoms with E-state index in [0.29, 0.717) is 0 Å². The summed E-state index contributed by atoms with van der Waals surface area (Å²) >= 11 is 1.80. The van der Waals surface area contributed by atoms with Gasteiger partial charge >= 0.3 is 0 Å². The van der Waals surface area contributed by atoms with Crippen molar-refractivity contribution in [2.45, 2.75) is 31.7 Å². The molecule has 1 saturated heterocycles. The third-order valence-electron chi connectivity index (χ3n) is 2.66. The molecule has 2 heteroatoms. The Kier molecular flexibility index (Phi) is 3.78. The topological polar surface area (TPSA) is 12.0 Å². The Labute approximate surface area is 89.8 Å². The van der Waals surface area contributed by atoms with E-state index in [1.165, 1.54) is 37.1 Å². The molecule has 1 aromatic heterocycles. The predicted octanol–water partition coefficient (Wildman–Crippen LogP) is 3.29. The van der Waals surface area contributed by atoms with Gasteiger partial charge in [-0.2, -0.15) is 0 Å². The highest BCUT2D eigenvalue weighted by atomic mass is 32.1. The summed E-state index contributed by atoms with van der Waals surface area (Å²) < 4.78 is 0. The summed E-state index contributed by atoms with van der Waals surface area (Å²) in [6.45, 7) is 1.21. The van der Waals surface area contributed by atoms with E-state index in [9.17, 15) is 0 Å². The molecule has 2 rings (SSSR count). The van der Waals surface area contributed by atoms with Gasteiger partial charge in [-0.25, -0.2) is 0 Å². The first-order valence-corrected chi connectivity index (χ1v) is 6.26.